The van der Waals surface area contributed by atoms with Gasteiger partial charge in [-0.2, -0.15) is 4.98 Å². The van der Waals surface area contributed by atoms with E-state index >= 15 is 0 Å². The van der Waals surface area contributed by atoms with Gasteiger partial charge in [0.05, 0.1) is 17.9 Å². The average Bonchev–Trinajstić information content (AvgIpc) is 3.25. The van der Waals surface area contributed by atoms with E-state index in [1.54, 1.807) is 17.8 Å². The molecule has 0 amide bonds. The van der Waals surface area contributed by atoms with Gasteiger partial charge in [0.15, 0.2) is 11.2 Å². The highest BCUT2D eigenvalue weighted by molar-refractivity contribution is 7.13. The van der Waals surface area contributed by atoms with E-state index in [-0.39, 0.29) is 23.0 Å². The average molecular weight is 389 g/mol. The second kappa shape index (κ2) is 6.19. The van der Waals surface area contributed by atoms with Crippen LogP contribution in [0.4, 0.5) is 0 Å². The number of halogens is 1. The standard InChI is InChI=1S/C16H13ClN6O2S/c1-21-12-11(14(24)22(2)16(21)25)23(15(17)20-12)7-9-8-26-13(19-9)10-5-3-4-6-18-10/h3-6,8H,7H2,1-2H3. The van der Waals surface area contributed by atoms with Crippen LogP contribution >= 0.6 is 22.9 Å². The minimum atomic E-state index is -0.449. The van der Waals surface area contributed by atoms with Crippen molar-refractivity contribution in [3.05, 3.63) is 61.6 Å². The molecule has 0 N–H and O–H groups in total. The quantitative estimate of drug-likeness (QED) is 0.498. The predicted octanol–water partition coefficient (Wildman–Crippen LogP) is 1.65. The summed E-state index contributed by atoms with van der Waals surface area (Å²) >= 11 is 7.70. The lowest BCUT2D eigenvalue weighted by Crippen LogP contribution is -2.37. The van der Waals surface area contributed by atoms with E-state index in [1.807, 2.05) is 23.6 Å². The summed E-state index contributed by atoms with van der Waals surface area (Å²) in [5, 5.41) is 2.80. The predicted molar refractivity (Wildman–Crippen MR) is 99.7 cm³/mol. The maximum absolute atomic E-state index is 12.6. The van der Waals surface area contributed by atoms with Crippen LogP contribution in [-0.2, 0) is 20.6 Å². The van der Waals surface area contributed by atoms with Gasteiger partial charge in [-0.3, -0.25) is 18.9 Å². The first-order valence-electron chi connectivity index (χ1n) is 7.65. The van der Waals surface area contributed by atoms with Gasteiger partial charge in [-0.1, -0.05) is 6.07 Å². The first-order chi connectivity index (χ1) is 12.5. The lowest BCUT2D eigenvalue weighted by molar-refractivity contribution is 0.701. The second-order valence-corrected chi connectivity index (χ2v) is 6.90. The topological polar surface area (TPSA) is 87.6 Å². The van der Waals surface area contributed by atoms with E-state index in [9.17, 15) is 9.59 Å². The lowest BCUT2D eigenvalue weighted by Gasteiger charge is -2.05. The Morgan fingerprint density at radius 1 is 1.15 bits per heavy atom. The monoisotopic (exact) mass is 388 g/mol. The van der Waals surface area contributed by atoms with Crippen LogP contribution in [0.2, 0.25) is 5.28 Å². The van der Waals surface area contributed by atoms with E-state index in [1.165, 1.54) is 23.0 Å². The highest BCUT2D eigenvalue weighted by Crippen LogP contribution is 2.23. The fourth-order valence-corrected chi connectivity index (χ4v) is 3.72. The minimum absolute atomic E-state index is 0.130. The Labute approximate surface area is 156 Å². The Balaban J connectivity index is 1.82. The largest absolute Gasteiger partial charge is 0.332 e. The van der Waals surface area contributed by atoms with Gasteiger partial charge in [0.1, 0.15) is 5.01 Å². The molecule has 0 saturated carbocycles. The van der Waals surface area contributed by atoms with E-state index in [0.717, 1.165) is 21.0 Å². The molecule has 4 rings (SSSR count). The molecular weight excluding hydrogens is 376 g/mol. The number of thiazole rings is 1. The molecule has 4 aromatic rings. The van der Waals surface area contributed by atoms with Gasteiger partial charge in [0.2, 0.25) is 5.28 Å². The molecule has 0 radical (unpaired) electrons. The molecule has 0 saturated heterocycles. The van der Waals surface area contributed by atoms with Crippen molar-refractivity contribution in [2.75, 3.05) is 0 Å². The highest BCUT2D eigenvalue weighted by atomic mass is 35.5. The number of pyridine rings is 1. The van der Waals surface area contributed by atoms with Crippen LogP contribution in [0, 0.1) is 0 Å². The van der Waals surface area contributed by atoms with Gasteiger partial charge >= 0.3 is 5.69 Å². The molecule has 0 bridgehead atoms. The van der Waals surface area contributed by atoms with Gasteiger partial charge < -0.3 is 4.57 Å². The fraction of sp³-hybridized carbons (Fsp3) is 0.188. The number of fused-ring (bicyclic) bond motifs is 1. The molecule has 0 atom stereocenters. The Morgan fingerprint density at radius 3 is 2.69 bits per heavy atom. The third-order valence-electron chi connectivity index (χ3n) is 4.06. The zero-order chi connectivity index (χ0) is 18.4. The summed E-state index contributed by atoms with van der Waals surface area (Å²) in [6.45, 7) is 0.270. The second-order valence-electron chi connectivity index (χ2n) is 5.70. The molecule has 26 heavy (non-hydrogen) atoms. The highest BCUT2D eigenvalue weighted by Gasteiger charge is 2.19. The van der Waals surface area contributed by atoms with Crippen molar-refractivity contribution >= 4 is 34.1 Å². The third-order valence-corrected chi connectivity index (χ3v) is 5.26. The van der Waals surface area contributed by atoms with Crippen LogP contribution in [0.1, 0.15) is 5.69 Å². The van der Waals surface area contributed by atoms with Crippen molar-refractivity contribution in [1.29, 1.82) is 0 Å². The summed E-state index contributed by atoms with van der Waals surface area (Å²) in [7, 11) is 2.98. The van der Waals surface area contributed by atoms with Crippen LogP contribution < -0.4 is 11.2 Å². The first-order valence-corrected chi connectivity index (χ1v) is 8.90. The minimum Gasteiger partial charge on any atom is -0.303 e. The van der Waals surface area contributed by atoms with Crippen molar-refractivity contribution in [1.82, 2.24) is 28.7 Å². The van der Waals surface area contributed by atoms with E-state index < -0.39 is 11.2 Å². The molecule has 4 aromatic heterocycles. The fourth-order valence-electron chi connectivity index (χ4n) is 2.71. The number of rotatable bonds is 3. The van der Waals surface area contributed by atoms with Crippen molar-refractivity contribution in [3.8, 4) is 10.7 Å². The normalized spacial score (nSPS) is 11.3. The van der Waals surface area contributed by atoms with E-state index in [2.05, 4.69) is 15.0 Å². The van der Waals surface area contributed by atoms with Crippen molar-refractivity contribution in [2.24, 2.45) is 14.1 Å². The van der Waals surface area contributed by atoms with E-state index in [0.29, 0.717) is 0 Å². The molecule has 0 spiro atoms. The van der Waals surface area contributed by atoms with Crippen LogP contribution in [0.15, 0.2) is 39.4 Å². The van der Waals surface area contributed by atoms with Gasteiger partial charge in [-0.15, -0.1) is 11.3 Å². The maximum atomic E-state index is 12.6. The molecule has 0 aromatic carbocycles. The maximum Gasteiger partial charge on any atom is 0.332 e. The molecule has 10 heteroatoms. The molecular formula is C16H13ClN6O2S. The number of hydrogen-bond donors (Lipinski definition) is 0. The lowest BCUT2D eigenvalue weighted by atomic mass is 10.3. The summed E-state index contributed by atoms with van der Waals surface area (Å²) in [4.78, 5) is 37.6. The molecule has 0 unspecified atom stereocenters. The summed E-state index contributed by atoms with van der Waals surface area (Å²) < 4.78 is 3.91. The van der Waals surface area contributed by atoms with Gasteiger partial charge in [-0.05, 0) is 23.7 Å². The summed E-state index contributed by atoms with van der Waals surface area (Å²) in [5.41, 5.74) is 1.14. The summed E-state index contributed by atoms with van der Waals surface area (Å²) in [6.07, 6.45) is 1.71. The van der Waals surface area contributed by atoms with Gasteiger partial charge in [0.25, 0.3) is 5.56 Å². The van der Waals surface area contributed by atoms with Crippen molar-refractivity contribution in [3.63, 3.8) is 0 Å². The van der Waals surface area contributed by atoms with Crippen LogP contribution in [0.3, 0.4) is 0 Å². The Morgan fingerprint density at radius 2 is 1.96 bits per heavy atom. The Kier molecular flexibility index (Phi) is 3.97. The molecule has 0 aliphatic carbocycles. The third kappa shape index (κ3) is 2.56. The molecule has 0 aliphatic heterocycles. The molecule has 132 valence electrons. The molecule has 8 nitrogen and oxygen atoms in total. The van der Waals surface area contributed by atoms with Gasteiger partial charge in [0, 0.05) is 25.7 Å². The summed E-state index contributed by atoms with van der Waals surface area (Å²) in [5.74, 6) is 0. The number of aromatic nitrogens is 6. The number of nitrogens with zero attached hydrogens (tertiary/aromatic N) is 6. The van der Waals surface area contributed by atoms with Crippen LogP contribution in [-0.4, -0.2) is 28.7 Å². The van der Waals surface area contributed by atoms with Crippen LogP contribution in [0.25, 0.3) is 21.9 Å². The first kappa shape index (κ1) is 16.7. The van der Waals surface area contributed by atoms with E-state index in [4.69, 9.17) is 11.6 Å². The summed E-state index contributed by atoms with van der Waals surface area (Å²) in [6, 6.07) is 5.62. The number of imidazole rings is 1. The zero-order valence-corrected chi connectivity index (χ0v) is 15.5. The SMILES string of the molecule is Cn1c(=O)c2c(nc(Cl)n2Cc2csc(-c3ccccn3)n2)n(C)c1=O. The Bertz CT molecular complexity index is 1240. The molecule has 0 aliphatic rings. The van der Waals surface area contributed by atoms with Crippen molar-refractivity contribution in [2.45, 2.75) is 6.54 Å². The smallest absolute Gasteiger partial charge is 0.303 e. The zero-order valence-electron chi connectivity index (χ0n) is 13.9. The number of hydrogen-bond acceptors (Lipinski definition) is 6. The van der Waals surface area contributed by atoms with Crippen molar-refractivity contribution < 1.29 is 0 Å². The molecule has 4 heterocycles. The molecule has 0 fully saturated rings. The van der Waals surface area contributed by atoms with Crippen LogP contribution in [0.5, 0.6) is 0 Å². The number of aryl methyl sites for hydroxylation is 1. The Hall–Kier alpha value is -2.78. The van der Waals surface area contributed by atoms with Gasteiger partial charge in [-0.25, -0.2) is 9.78 Å².